The third-order valence-corrected chi connectivity index (χ3v) is 8.46. The van der Waals surface area contributed by atoms with Crippen LogP contribution in [0.5, 0.6) is 5.75 Å². The number of benzene rings is 2. The van der Waals surface area contributed by atoms with Gasteiger partial charge in [0.2, 0.25) is 0 Å². The number of esters is 2. The lowest BCUT2D eigenvalue weighted by Gasteiger charge is -2.26. The van der Waals surface area contributed by atoms with Gasteiger partial charge in [0.25, 0.3) is 5.56 Å². The van der Waals surface area contributed by atoms with E-state index in [2.05, 4.69) is 0 Å². The molecule has 0 radical (unpaired) electrons. The number of nitrogens with zero attached hydrogens (tertiary/aromatic N) is 3. The Morgan fingerprint density at radius 1 is 1.02 bits per heavy atom. The van der Waals surface area contributed by atoms with Gasteiger partial charge in [0.1, 0.15) is 18.3 Å². The van der Waals surface area contributed by atoms with Crippen molar-refractivity contribution in [2.75, 3.05) is 20.3 Å². The van der Waals surface area contributed by atoms with Crippen LogP contribution in [0.3, 0.4) is 0 Å². The molecule has 1 atom stereocenters. The second kappa shape index (κ2) is 12.8. The average Bonchev–Trinajstić information content (AvgIpc) is 3.45. The van der Waals surface area contributed by atoms with Crippen LogP contribution < -0.4 is 19.6 Å². The van der Waals surface area contributed by atoms with E-state index in [4.69, 9.17) is 19.2 Å². The summed E-state index contributed by atoms with van der Waals surface area (Å²) in [6.07, 6.45) is 3.16. The molecule has 0 saturated heterocycles. The normalized spacial score (nSPS) is 14.9. The first-order valence-corrected chi connectivity index (χ1v) is 15.2. The number of carbonyl (C=O) groups excluding carboxylic acids is 2. The van der Waals surface area contributed by atoms with E-state index in [1.54, 1.807) is 25.5 Å². The molecule has 2 aromatic heterocycles. The van der Waals surface area contributed by atoms with Gasteiger partial charge in [0, 0.05) is 27.7 Å². The Kier molecular flexibility index (Phi) is 8.96. The fourth-order valence-electron chi connectivity index (χ4n) is 5.62. The van der Waals surface area contributed by atoms with E-state index >= 15 is 0 Å². The minimum absolute atomic E-state index is 0.0619. The number of aromatic nitrogens is 2. The van der Waals surface area contributed by atoms with Gasteiger partial charge >= 0.3 is 11.9 Å². The van der Waals surface area contributed by atoms with Crippen molar-refractivity contribution in [3.8, 4) is 5.75 Å². The Balaban J connectivity index is 1.78. The van der Waals surface area contributed by atoms with Crippen LogP contribution in [-0.2, 0) is 25.6 Å². The monoisotopic (exact) mass is 601 g/mol. The van der Waals surface area contributed by atoms with Crippen LogP contribution in [0.4, 0.5) is 0 Å². The van der Waals surface area contributed by atoms with Crippen molar-refractivity contribution in [1.29, 1.82) is 0 Å². The highest BCUT2D eigenvalue weighted by atomic mass is 32.1. The number of fused-ring (bicyclic) bond motifs is 2. The summed E-state index contributed by atoms with van der Waals surface area (Å²) in [5.74, 6) is -0.277. The summed E-state index contributed by atoms with van der Waals surface area (Å²) in [5, 5.41) is 0.912. The Morgan fingerprint density at radius 3 is 2.47 bits per heavy atom. The van der Waals surface area contributed by atoms with Gasteiger partial charge in [-0.25, -0.2) is 9.79 Å². The summed E-state index contributed by atoms with van der Waals surface area (Å²) in [6.45, 7) is 8.04. The summed E-state index contributed by atoms with van der Waals surface area (Å²) < 4.78 is 20.3. The molecule has 10 heteroatoms. The number of hydrogen-bond donors (Lipinski definition) is 0. The lowest BCUT2D eigenvalue weighted by atomic mass is 9.93. The molecule has 4 aromatic rings. The third-order valence-electron chi connectivity index (χ3n) is 7.47. The average molecular weight is 602 g/mol. The van der Waals surface area contributed by atoms with Gasteiger partial charge in [0.05, 0.1) is 36.1 Å². The van der Waals surface area contributed by atoms with Crippen LogP contribution in [0.2, 0.25) is 0 Å². The van der Waals surface area contributed by atoms with Crippen molar-refractivity contribution in [3.05, 3.63) is 96.3 Å². The first-order chi connectivity index (χ1) is 20.8. The molecule has 0 N–H and O–H groups in total. The second-order valence-corrected chi connectivity index (χ2v) is 11.1. The smallest absolute Gasteiger partial charge is 0.338 e. The number of hydrogen-bond acceptors (Lipinski definition) is 8. The molecule has 2 aromatic carbocycles. The van der Waals surface area contributed by atoms with Crippen LogP contribution in [0.1, 0.15) is 56.5 Å². The van der Waals surface area contributed by atoms with Gasteiger partial charge in [-0.2, -0.15) is 0 Å². The fraction of sp³-hybridized carbons (Fsp3) is 0.333. The van der Waals surface area contributed by atoms with Crippen LogP contribution in [-0.4, -0.2) is 41.4 Å². The zero-order valence-corrected chi connectivity index (χ0v) is 25.8. The van der Waals surface area contributed by atoms with E-state index in [-0.39, 0.29) is 24.7 Å². The van der Waals surface area contributed by atoms with Gasteiger partial charge in [-0.05, 0) is 45.4 Å². The molecule has 9 nitrogen and oxygen atoms in total. The van der Waals surface area contributed by atoms with Crippen molar-refractivity contribution >= 4 is 40.3 Å². The SMILES string of the molecule is CCCC1=C(C(=O)OCC)[C@@H](c2ccccc2OC)n2c(s/c(=C\c3c(C)n(CC(=O)OCC)c4ccccc34)c2=O)=N1. The lowest BCUT2D eigenvalue weighted by molar-refractivity contribution is -0.143. The molecule has 1 aliphatic rings. The molecule has 43 heavy (non-hydrogen) atoms. The number of carbonyl (C=O) groups is 2. The molecule has 3 heterocycles. The van der Waals surface area contributed by atoms with E-state index in [1.807, 2.05) is 73.0 Å². The highest BCUT2D eigenvalue weighted by molar-refractivity contribution is 7.07. The van der Waals surface area contributed by atoms with E-state index < -0.39 is 12.0 Å². The van der Waals surface area contributed by atoms with Crippen LogP contribution in [0.15, 0.2) is 69.6 Å². The summed E-state index contributed by atoms with van der Waals surface area (Å²) >= 11 is 1.27. The lowest BCUT2D eigenvalue weighted by Crippen LogP contribution is -2.40. The summed E-state index contributed by atoms with van der Waals surface area (Å²) in [7, 11) is 1.57. The van der Waals surface area contributed by atoms with Crippen molar-refractivity contribution < 1.29 is 23.8 Å². The molecule has 0 spiro atoms. The Labute approximate surface area is 253 Å². The topological polar surface area (TPSA) is 101 Å². The minimum atomic E-state index is -0.776. The van der Waals surface area contributed by atoms with Crippen molar-refractivity contribution in [2.45, 2.75) is 53.1 Å². The van der Waals surface area contributed by atoms with E-state index in [9.17, 15) is 14.4 Å². The van der Waals surface area contributed by atoms with Crippen molar-refractivity contribution in [1.82, 2.24) is 9.13 Å². The van der Waals surface area contributed by atoms with Crippen LogP contribution >= 0.6 is 11.3 Å². The molecule has 0 amide bonds. The first-order valence-electron chi connectivity index (χ1n) is 14.4. The number of methoxy groups -OCH3 is 1. The highest BCUT2D eigenvalue weighted by Gasteiger charge is 2.36. The van der Waals surface area contributed by atoms with E-state index in [1.165, 1.54) is 11.3 Å². The fourth-order valence-corrected chi connectivity index (χ4v) is 6.62. The number of allylic oxidation sites excluding steroid dienone is 1. The molecule has 0 aliphatic carbocycles. The maximum absolute atomic E-state index is 14.3. The largest absolute Gasteiger partial charge is 0.496 e. The second-order valence-electron chi connectivity index (χ2n) is 10.1. The summed E-state index contributed by atoms with van der Waals surface area (Å²) in [5.41, 5.74) is 3.87. The Morgan fingerprint density at radius 2 is 1.74 bits per heavy atom. The molecule has 0 fully saturated rings. The maximum atomic E-state index is 14.3. The molecular formula is C33H35N3O6S. The quantitative estimate of drug-likeness (QED) is 0.250. The first kappa shape index (κ1) is 30.0. The predicted octanol–water partition coefficient (Wildman–Crippen LogP) is 4.41. The Bertz CT molecular complexity index is 1910. The Hall–Kier alpha value is -4.44. The van der Waals surface area contributed by atoms with E-state index in [0.29, 0.717) is 44.9 Å². The van der Waals surface area contributed by atoms with Gasteiger partial charge in [-0.15, -0.1) is 0 Å². The standard InChI is InChI=1S/C33H35N3O6S/c1-6-13-24-29(32(39)42-8-3)30(22-15-10-12-17-26(22)40-5)36-31(38)27(43-33(36)34-24)18-23-20(4)35(19-28(37)41-7-2)25-16-11-9-14-21(23)25/h9-12,14-18,30H,6-8,13,19H2,1-5H3/b27-18-/t30-/m1/s1. The van der Waals surface area contributed by atoms with Gasteiger partial charge in [-0.1, -0.05) is 61.1 Å². The summed E-state index contributed by atoms with van der Waals surface area (Å²) in [6, 6.07) is 14.4. The number of para-hydroxylation sites is 2. The highest BCUT2D eigenvalue weighted by Crippen LogP contribution is 2.37. The third kappa shape index (κ3) is 5.54. The number of rotatable bonds is 10. The summed E-state index contributed by atoms with van der Waals surface area (Å²) in [4.78, 5) is 45.6. The zero-order chi connectivity index (χ0) is 30.7. The van der Waals surface area contributed by atoms with Crippen LogP contribution in [0, 0.1) is 6.92 Å². The minimum Gasteiger partial charge on any atom is -0.496 e. The van der Waals surface area contributed by atoms with Crippen molar-refractivity contribution in [2.24, 2.45) is 4.99 Å². The van der Waals surface area contributed by atoms with Gasteiger partial charge in [-0.3, -0.25) is 14.2 Å². The van der Waals surface area contributed by atoms with Crippen LogP contribution in [0.25, 0.3) is 17.0 Å². The van der Waals surface area contributed by atoms with Gasteiger partial charge in [0.15, 0.2) is 4.80 Å². The van der Waals surface area contributed by atoms with E-state index in [0.717, 1.165) is 28.6 Å². The number of thiazole rings is 1. The molecule has 224 valence electrons. The maximum Gasteiger partial charge on any atom is 0.338 e. The molecule has 0 unspecified atom stereocenters. The van der Waals surface area contributed by atoms with Gasteiger partial charge < -0.3 is 18.8 Å². The molecule has 5 rings (SSSR count). The van der Waals surface area contributed by atoms with Crippen molar-refractivity contribution in [3.63, 3.8) is 0 Å². The molecule has 0 bridgehead atoms. The predicted molar refractivity (Wildman–Crippen MR) is 166 cm³/mol. The molecule has 0 saturated carbocycles. The zero-order valence-electron chi connectivity index (χ0n) is 25.0. The molecule has 1 aliphatic heterocycles. The molecular weight excluding hydrogens is 566 g/mol. The number of ether oxygens (including phenoxy) is 3.